The maximum Gasteiger partial charge on any atom is 0.338 e. The van der Waals surface area contributed by atoms with Crippen molar-refractivity contribution in [1.82, 2.24) is 4.98 Å². The van der Waals surface area contributed by atoms with Crippen LogP contribution in [0.3, 0.4) is 0 Å². The van der Waals surface area contributed by atoms with Crippen LogP contribution in [0.1, 0.15) is 16.1 Å². The van der Waals surface area contributed by atoms with Crippen molar-refractivity contribution in [1.29, 1.82) is 0 Å². The molecule has 0 aliphatic carbocycles. The SMILES string of the molecule is NC(=O)C#Cc1ncccc1C(=O)O. The number of carbonyl (C=O) groups is 2. The molecule has 1 heterocycles. The minimum absolute atomic E-state index is 0.0267. The number of amides is 1. The number of carboxylic acids is 1. The van der Waals surface area contributed by atoms with E-state index in [-0.39, 0.29) is 11.3 Å². The number of hydrogen-bond acceptors (Lipinski definition) is 3. The predicted octanol–water partition coefficient (Wildman–Crippen LogP) is -0.383. The van der Waals surface area contributed by atoms with E-state index in [2.05, 4.69) is 10.9 Å². The van der Waals surface area contributed by atoms with Gasteiger partial charge >= 0.3 is 5.97 Å². The van der Waals surface area contributed by atoms with E-state index < -0.39 is 11.9 Å². The Morgan fingerprint density at radius 1 is 1.50 bits per heavy atom. The first-order chi connectivity index (χ1) is 6.61. The number of aromatic nitrogens is 1. The molecule has 1 aromatic heterocycles. The van der Waals surface area contributed by atoms with Crippen LogP contribution < -0.4 is 5.73 Å². The molecule has 0 aliphatic rings. The first-order valence-corrected chi connectivity index (χ1v) is 3.61. The standard InChI is InChI=1S/C9H6N2O3/c10-8(12)4-3-7-6(9(13)14)2-1-5-11-7/h1-2,5H,(H2,10,12)(H,13,14). The summed E-state index contributed by atoms with van der Waals surface area (Å²) in [5.41, 5.74) is 4.75. The number of carbonyl (C=O) groups excluding carboxylic acids is 1. The van der Waals surface area contributed by atoms with E-state index in [0.29, 0.717) is 0 Å². The average Bonchev–Trinajstić information content (AvgIpc) is 2.15. The van der Waals surface area contributed by atoms with E-state index >= 15 is 0 Å². The van der Waals surface area contributed by atoms with Gasteiger partial charge in [-0.3, -0.25) is 4.79 Å². The van der Waals surface area contributed by atoms with Crippen LogP contribution in [0.15, 0.2) is 18.3 Å². The number of carboxylic acid groups (broad SMARTS) is 1. The zero-order chi connectivity index (χ0) is 10.6. The number of hydrogen-bond donors (Lipinski definition) is 2. The Balaban J connectivity index is 3.16. The van der Waals surface area contributed by atoms with Crippen molar-refractivity contribution in [3.63, 3.8) is 0 Å². The Morgan fingerprint density at radius 3 is 2.79 bits per heavy atom. The summed E-state index contributed by atoms with van der Waals surface area (Å²) < 4.78 is 0. The normalized spacial score (nSPS) is 8.57. The highest BCUT2D eigenvalue weighted by molar-refractivity contribution is 5.94. The summed E-state index contributed by atoms with van der Waals surface area (Å²) in [4.78, 5) is 24.7. The number of aromatic carboxylic acids is 1. The minimum atomic E-state index is -1.15. The maximum atomic E-state index is 10.6. The summed E-state index contributed by atoms with van der Waals surface area (Å²) >= 11 is 0. The fourth-order valence-electron chi connectivity index (χ4n) is 0.798. The van der Waals surface area contributed by atoms with E-state index in [0.717, 1.165) is 0 Å². The molecule has 0 saturated carbocycles. The third-order valence-electron chi connectivity index (χ3n) is 1.34. The van der Waals surface area contributed by atoms with Crippen LogP contribution in [0.5, 0.6) is 0 Å². The Hall–Kier alpha value is -2.35. The summed E-state index contributed by atoms with van der Waals surface area (Å²) in [7, 11) is 0. The second-order valence-electron chi connectivity index (χ2n) is 2.32. The quantitative estimate of drug-likeness (QED) is 0.590. The largest absolute Gasteiger partial charge is 0.478 e. The highest BCUT2D eigenvalue weighted by Gasteiger charge is 2.07. The summed E-state index contributed by atoms with van der Waals surface area (Å²) in [6.07, 6.45) is 1.39. The van der Waals surface area contributed by atoms with Gasteiger partial charge < -0.3 is 10.8 Å². The van der Waals surface area contributed by atoms with Gasteiger partial charge in [-0.1, -0.05) is 0 Å². The van der Waals surface area contributed by atoms with Crippen LogP contribution in [0.4, 0.5) is 0 Å². The lowest BCUT2D eigenvalue weighted by Crippen LogP contribution is -2.07. The maximum absolute atomic E-state index is 10.6. The zero-order valence-electron chi connectivity index (χ0n) is 7.02. The topological polar surface area (TPSA) is 93.3 Å². The minimum Gasteiger partial charge on any atom is -0.478 e. The summed E-state index contributed by atoms with van der Waals surface area (Å²) in [6, 6.07) is 2.82. The molecule has 0 atom stereocenters. The van der Waals surface area contributed by atoms with Crippen molar-refractivity contribution in [2.45, 2.75) is 0 Å². The van der Waals surface area contributed by atoms with Crippen LogP contribution in [-0.2, 0) is 4.79 Å². The molecule has 1 aromatic rings. The van der Waals surface area contributed by atoms with Crippen molar-refractivity contribution >= 4 is 11.9 Å². The summed E-state index contributed by atoms with van der Waals surface area (Å²) in [6.45, 7) is 0. The molecule has 3 N–H and O–H groups in total. The molecule has 1 rings (SSSR count). The van der Waals surface area contributed by atoms with Gasteiger partial charge in [-0.15, -0.1) is 0 Å². The van der Waals surface area contributed by atoms with Crippen LogP contribution in [0.2, 0.25) is 0 Å². The molecule has 14 heavy (non-hydrogen) atoms. The molecule has 0 unspecified atom stereocenters. The predicted molar refractivity (Wildman–Crippen MR) is 47.3 cm³/mol. The van der Waals surface area contributed by atoms with E-state index in [9.17, 15) is 9.59 Å². The molecule has 0 fully saturated rings. The third-order valence-corrected chi connectivity index (χ3v) is 1.34. The first-order valence-electron chi connectivity index (χ1n) is 3.61. The van der Waals surface area contributed by atoms with Crippen molar-refractivity contribution in [2.75, 3.05) is 0 Å². The number of nitrogens with two attached hydrogens (primary N) is 1. The van der Waals surface area contributed by atoms with Crippen LogP contribution >= 0.6 is 0 Å². The summed E-state index contributed by atoms with van der Waals surface area (Å²) in [5.74, 6) is 2.32. The smallest absolute Gasteiger partial charge is 0.338 e. The molecule has 5 nitrogen and oxygen atoms in total. The number of rotatable bonds is 1. The molecular formula is C9H6N2O3. The van der Waals surface area contributed by atoms with Gasteiger partial charge in [-0.05, 0) is 18.1 Å². The van der Waals surface area contributed by atoms with E-state index in [1.807, 2.05) is 5.92 Å². The first kappa shape index (κ1) is 9.74. The molecule has 1 amide bonds. The lowest BCUT2D eigenvalue weighted by molar-refractivity contribution is -0.112. The lowest BCUT2D eigenvalue weighted by Gasteiger charge is -1.95. The van der Waals surface area contributed by atoms with Crippen molar-refractivity contribution in [2.24, 2.45) is 5.73 Å². The third kappa shape index (κ3) is 2.32. The summed E-state index contributed by atoms with van der Waals surface area (Å²) in [5, 5.41) is 8.71. The second-order valence-corrected chi connectivity index (χ2v) is 2.32. The number of pyridine rings is 1. The molecule has 0 aliphatic heterocycles. The highest BCUT2D eigenvalue weighted by atomic mass is 16.4. The zero-order valence-corrected chi connectivity index (χ0v) is 7.02. The highest BCUT2D eigenvalue weighted by Crippen LogP contribution is 2.02. The van der Waals surface area contributed by atoms with Crippen molar-refractivity contribution in [3.8, 4) is 11.8 Å². The molecule has 5 heteroatoms. The van der Waals surface area contributed by atoms with Gasteiger partial charge in [-0.25, -0.2) is 9.78 Å². The fraction of sp³-hybridized carbons (Fsp3) is 0. The number of primary amides is 1. The van der Waals surface area contributed by atoms with E-state index in [1.54, 1.807) is 0 Å². The Bertz CT molecular complexity index is 443. The molecule has 0 radical (unpaired) electrons. The molecule has 0 bridgehead atoms. The van der Waals surface area contributed by atoms with Crippen molar-refractivity contribution < 1.29 is 14.7 Å². The monoisotopic (exact) mass is 190 g/mol. The van der Waals surface area contributed by atoms with Crippen molar-refractivity contribution in [3.05, 3.63) is 29.6 Å². The fourth-order valence-corrected chi connectivity index (χ4v) is 0.798. The molecule has 0 aromatic carbocycles. The van der Waals surface area contributed by atoms with E-state index in [1.165, 1.54) is 18.3 Å². The Labute approximate surface area is 79.6 Å². The Morgan fingerprint density at radius 2 is 2.21 bits per heavy atom. The van der Waals surface area contributed by atoms with Gasteiger partial charge in [0.25, 0.3) is 5.91 Å². The van der Waals surface area contributed by atoms with Crippen LogP contribution in [0, 0.1) is 11.8 Å². The molecule has 0 spiro atoms. The molecule has 0 saturated heterocycles. The Kier molecular flexibility index (Phi) is 2.82. The molecule has 70 valence electrons. The molecular weight excluding hydrogens is 184 g/mol. The van der Waals surface area contributed by atoms with Gasteiger partial charge in [0.2, 0.25) is 0 Å². The number of nitrogens with zero attached hydrogens (tertiary/aromatic N) is 1. The van der Waals surface area contributed by atoms with Gasteiger partial charge in [0.15, 0.2) is 0 Å². The lowest BCUT2D eigenvalue weighted by atomic mass is 10.2. The average molecular weight is 190 g/mol. The van der Waals surface area contributed by atoms with Gasteiger partial charge in [0.1, 0.15) is 5.69 Å². The van der Waals surface area contributed by atoms with Gasteiger partial charge in [0, 0.05) is 12.1 Å². The second kappa shape index (κ2) is 4.05. The van der Waals surface area contributed by atoms with Gasteiger partial charge in [0.05, 0.1) is 5.56 Å². The van der Waals surface area contributed by atoms with Crippen LogP contribution in [0.25, 0.3) is 0 Å². The van der Waals surface area contributed by atoms with E-state index in [4.69, 9.17) is 10.8 Å². The van der Waals surface area contributed by atoms with Gasteiger partial charge in [-0.2, -0.15) is 0 Å². The van der Waals surface area contributed by atoms with Crippen LogP contribution in [-0.4, -0.2) is 22.0 Å².